The minimum absolute atomic E-state index is 0.0820. The number of nitrogens with one attached hydrogen (secondary N) is 1. The summed E-state index contributed by atoms with van der Waals surface area (Å²) in [5.74, 6) is 1.99. The number of hydrogen-bond acceptors (Lipinski definition) is 7. The molecule has 3 heterocycles. The average molecular weight is 416 g/mol. The third kappa shape index (κ3) is 3.73. The van der Waals surface area contributed by atoms with Crippen molar-refractivity contribution in [3.8, 4) is 5.88 Å². The van der Waals surface area contributed by atoms with Gasteiger partial charge >= 0.3 is 7.12 Å². The molecule has 0 spiro atoms. The smallest absolute Gasteiger partial charge is 0.477 e. The summed E-state index contributed by atoms with van der Waals surface area (Å²) in [4.78, 5) is 11.7. The molecule has 2 aromatic carbocycles. The van der Waals surface area contributed by atoms with Gasteiger partial charge in [0.1, 0.15) is 5.82 Å². The van der Waals surface area contributed by atoms with Gasteiger partial charge in [-0.25, -0.2) is 0 Å². The molecular weight excluding hydrogens is 391 g/mol. The Labute approximate surface area is 181 Å². The largest absolute Gasteiger partial charge is 0.488 e. The van der Waals surface area contributed by atoms with Gasteiger partial charge in [0, 0.05) is 18.3 Å². The highest BCUT2D eigenvalue weighted by atomic mass is 16.5. The summed E-state index contributed by atoms with van der Waals surface area (Å²) in [7, 11) is -1.50. The normalized spacial score (nSPS) is 17.0. The first-order valence-electron chi connectivity index (χ1n) is 10.7. The van der Waals surface area contributed by atoms with Gasteiger partial charge in [-0.3, -0.25) is 0 Å². The molecule has 31 heavy (non-hydrogen) atoms. The standard InChI is InChI=1S/C23H25BN4O3/c1-15-13-18-19(24(29)30)10-5-11-20(18)28(15)23-26-21(17-9-6-12-31-22(17)27-23)25-14-16-7-3-2-4-8-16/h2-5,7-8,10-11,15,29-30H,6,9,12-14H2,1H3,(H,25,26,27). The SMILES string of the molecule is CC1Cc2c(B(O)O)cccc2N1c1nc(NCc2ccccc2)c2c(n1)OCCC2. The van der Waals surface area contributed by atoms with E-state index in [2.05, 4.69) is 29.3 Å². The Morgan fingerprint density at radius 1 is 1.10 bits per heavy atom. The molecule has 158 valence electrons. The number of aromatic nitrogens is 2. The molecule has 2 aliphatic heterocycles. The number of fused-ring (bicyclic) bond motifs is 2. The molecule has 2 aliphatic rings. The predicted octanol–water partition coefficient (Wildman–Crippen LogP) is 2.18. The fourth-order valence-corrected chi connectivity index (χ4v) is 4.46. The maximum absolute atomic E-state index is 9.79. The van der Waals surface area contributed by atoms with Gasteiger partial charge in [0.15, 0.2) is 0 Å². The van der Waals surface area contributed by atoms with E-state index in [1.165, 1.54) is 5.56 Å². The lowest BCUT2D eigenvalue weighted by Crippen LogP contribution is -2.32. The maximum Gasteiger partial charge on any atom is 0.488 e. The van der Waals surface area contributed by atoms with Gasteiger partial charge in [0.25, 0.3) is 0 Å². The minimum atomic E-state index is -1.50. The Balaban J connectivity index is 1.54. The summed E-state index contributed by atoms with van der Waals surface area (Å²) < 4.78 is 5.90. The Hall–Kier alpha value is -3.10. The second-order valence-corrected chi connectivity index (χ2v) is 8.09. The Kier molecular flexibility index (Phi) is 5.25. The summed E-state index contributed by atoms with van der Waals surface area (Å²) in [6.07, 6.45) is 2.51. The Morgan fingerprint density at radius 2 is 1.94 bits per heavy atom. The van der Waals surface area contributed by atoms with E-state index in [1.807, 2.05) is 30.3 Å². The molecular formula is C23H25BN4O3. The molecule has 0 fully saturated rings. The van der Waals surface area contributed by atoms with Gasteiger partial charge in [0.05, 0.1) is 12.2 Å². The highest BCUT2D eigenvalue weighted by Gasteiger charge is 2.34. The van der Waals surface area contributed by atoms with Gasteiger partial charge in [-0.05, 0) is 48.8 Å². The summed E-state index contributed by atoms with van der Waals surface area (Å²) in [6.45, 7) is 3.40. The van der Waals surface area contributed by atoms with Crippen LogP contribution in [0.1, 0.15) is 30.0 Å². The monoisotopic (exact) mass is 416 g/mol. The molecule has 0 bridgehead atoms. The van der Waals surface area contributed by atoms with E-state index in [-0.39, 0.29) is 6.04 Å². The predicted molar refractivity (Wildman–Crippen MR) is 121 cm³/mol. The fraction of sp³-hybridized carbons (Fsp3) is 0.304. The molecule has 1 atom stereocenters. The van der Waals surface area contributed by atoms with Crippen molar-refractivity contribution in [2.45, 2.75) is 38.8 Å². The molecule has 7 nitrogen and oxygen atoms in total. The van der Waals surface area contributed by atoms with Crippen molar-refractivity contribution in [3.05, 3.63) is 65.2 Å². The third-order valence-corrected chi connectivity index (χ3v) is 5.95. The van der Waals surface area contributed by atoms with Crippen molar-refractivity contribution in [1.82, 2.24) is 9.97 Å². The van der Waals surface area contributed by atoms with Crippen molar-refractivity contribution in [3.63, 3.8) is 0 Å². The molecule has 3 N–H and O–H groups in total. The number of rotatable bonds is 5. The molecule has 0 aliphatic carbocycles. The van der Waals surface area contributed by atoms with Crippen molar-refractivity contribution >= 4 is 30.0 Å². The van der Waals surface area contributed by atoms with E-state index in [4.69, 9.17) is 14.7 Å². The molecule has 3 aromatic rings. The zero-order valence-corrected chi connectivity index (χ0v) is 17.5. The molecule has 8 heteroatoms. The van der Waals surface area contributed by atoms with Crippen molar-refractivity contribution in [1.29, 1.82) is 0 Å². The second-order valence-electron chi connectivity index (χ2n) is 8.09. The highest BCUT2D eigenvalue weighted by molar-refractivity contribution is 6.59. The van der Waals surface area contributed by atoms with E-state index in [9.17, 15) is 10.0 Å². The summed E-state index contributed by atoms with van der Waals surface area (Å²) in [5.41, 5.74) is 4.55. The van der Waals surface area contributed by atoms with E-state index >= 15 is 0 Å². The van der Waals surface area contributed by atoms with Crippen LogP contribution in [0.3, 0.4) is 0 Å². The lowest BCUT2D eigenvalue weighted by Gasteiger charge is -2.26. The van der Waals surface area contributed by atoms with Gasteiger partial charge in [-0.15, -0.1) is 0 Å². The first-order valence-corrected chi connectivity index (χ1v) is 10.7. The van der Waals surface area contributed by atoms with E-state index < -0.39 is 7.12 Å². The van der Waals surface area contributed by atoms with Crippen molar-refractivity contribution in [2.24, 2.45) is 0 Å². The number of anilines is 3. The highest BCUT2D eigenvalue weighted by Crippen LogP contribution is 2.39. The molecule has 0 radical (unpaired) electrons. The maximum atomic E-state index is 9.79. The molecule has 0 saturated carbocycles. The quantitative estimate of drug-likeness (QED) is 0.550. The zero-order valence-electron chi connectivity index (χ0n) is 17.5. The topological polar surface area (TPSA) is 90.7 Å². The van der Waals surface area contributed by atoms with Crippen LogP contribution < -0.4 is 20.4 Å². The Morgan fingerprint density at radius 3 is 2.74 bits per heavy atom. The van der Waals surface area contributed by atoms with Gasteiger partial charge in [-0.1, -0.05) is 42.5 Å². The Bertz CT molecular complexity index is 1090. The number of hydrogen-bond donors (Lipinski definition) is 3. The number of nitrogens with zero attached hydrogens (tertiary/aromatic N) is 3. The number of benzene rings is 2. The second kappa shape index (κ2) is 8.21. The van der Waals surface area contributed by atoms with Crippen molar-refractivity contribution in [2.75, 3.05) is 16.8 Å². The van der Waals surface area contributed by atoms with E-state index in [0.29, 0.717) is 36.9 Å². The van der Waals surface area contributed by atoms with Crippen LogP contribution in [0.25, 0.3) is 0 Å². The summed E-state index contributed by atoms with van der Waals surface area (Å²) in [5, 5.41) is 23.1. The van der Waals surface area contributed by atoms with Crippen LogP contribution in [-0.2, 0) is 19.4 Å². The minimum Gasteiger partial charge on any atom is -0.477 e. The van der Waals surface area contributed by atoms with Crippen LogP contribution in [0.5, 0.6) is 5.88 Å². The first kappa shape index (κ1) is 19.8. The van der Waals surface area contributed by atoms with Crippen LogP contribution in [0.15, 0.2) is 48.5 Å². The van der Waals surface area contributed by atoms with Crippen LogP contribution in [0.2, 0.25) is 0 Å². The van der Waals surface area contributed by atoms with Crippen LogP contribution in [0.4, 0.5) is 17.5 Å². The molecule has 0 saturated heterocycles. The first-order chi connectivity index (χ1) is 15.1. The van der Waals surface area contributed by atoms with Gasteiger partial charge in [-0.2, -0.15) is 9.97 Å². The third-order valence-electron chi connectivity index (χ3n) is 5.95. The van der Waals surface area contributed by atoms with Gasteiger partial charge < -0.3 is 25.0 Å². The lowest BCUT2D eigenvalue weighted by molar-refractivity contribution is 0.276. The zero-order chi connectivity index (χ0) is 21.4. The van der Waals surface area contributed by atoms with E-state index in [0.717, 1.165) is 35.5 Å². The summed E-state index contributed by atoms with van der Waals surface area (Å²) in [6, 6.07) is 15.9. The molecule has 0 amide bonds. The van der Waals surface area contributed by atoms with Crippen LogP contribution in [0, 0.1) is 0 Å². The molecule has 1 unspecified atom stereocenters. The number of ether oxygens (including phenoxy) is 1. The fourth-order valence-electron chi connectivity index (χ4n) is 4.46. The average Bonchev–Trinajstić information content (AvgIpc) is 3.13. The van der Waals surface area contributed by atoms with Crippen molar-refractivity contribution < 1.29 is 14.8 Å². The van der Waals surface area contributed by atoms with Gasteiger partial charge in [0.2, 0.25) is 11.8 Å². The van der Waals surface area contributed by atoms with E-state index in [1.54, 1.807) is 6.07 Å². The van der Waals surface area contributed by atoms with Crippen LogP contribution in [-0.4, -0.2) is 39.8 Å². The van der Waals surface area contributed by atoms with Crippen LogP contribution >= 0.6 is 0 Å². The molecule has 1 aromatic heterocycles. The summed E-state index contributed by atoms with van der Waals surface area (Å²) >= 11 is 0. The molecule has 5 rings (SSSR count). The lowest BCUT2D eigenvalue weighted by atomic mass is 9.76.